The highest BCUT2D eigenvalue weighted by Gasteiger charge is 2.52. The molecule has 0 aliphatic heterocycles. The van der Waals surface area contributed by atoms with E-state index >= 15 is 0 Å². The average Bonchev–Trinajstić information content (AvgIpc) is 3.92. The standard InChI is InChI=1S/C56H39N3/c1-57-54-28-16-13-25-48(54)49-34-31-43(37-55(49)57)59(40-21-9-4-10-22-40)42-30-33-47-45-24-12-15-27-51(45)56(53(47)36-42)50-26-14-11-23-44(50)46-32-29-41(35-52(46)56)58(38-17-5-2-6-18-38)39-19-7-3-8-20-39/h2-37H,1H3/i2D,5D,6D,17D,18D. The maximum atomic E-state index is 9.15. The zero-order valence-electron chi connectivity index (χ0n) is 37.2. The van der Waals surface area contributed by atoms with E-state index in [9.17, 15) is 0 Å². The number of aromatic nitrogens is 1. The first-order valence-electron chi connectivity index (χ1n) is 22.5. The first kappa shape index (κ1) is 28.7. The average molecular weight is 759 g/mol. The molecule has 0 fully saturated rings. The lowest BCUT2D eigenvalue weighted by molar-refractivity contribution is 0.793. The number of hydrogen-bond donors (Lipinski definition) is 0. The molecular weight excluding hydrogens is 715 g/mol. The van der Waals surface area contributed by atoms with Crippen LogP contribution < -0.4 is 9.80 Å². The lowest BCUT2D eigenvalue weighted by atomic mass is 9.70. The van der Waals surface area contributed by atoms with E-state index in [0.717, 1.165) is 56.0 Å². The predicted molar refractivity (Wildman–Crippen MR) is 246 cm³/mol. The molecule has 0 amide bonds. The molecule has 1 unspecified atom stereocenters. The Hall–Kier alpha value is -7.62. The fourth-order valence-electron chi connectivity index (χ4n) is 10.0. The molecule has 59 heavy (non-hydrogen) atoms. The first-order chi connectivity index (χ1) is 31.3. The van der Waals surface area contributed by atoms with Crippen LogP contribution in [0.25, 0.3) is 44.1 Å². The second-order valence-electron chi connectivity index (χ2n) is 15.4. The predicted octanol–water partition coefficient (Wildman–Crippen LogP) is 14.6. The van der Waals surface area contributed by atoms with E-state index in [1.807, 2.05) is 41.3 Å². The van der Waals surface area contributed by atoms with Crippen LogP contribution in [0.4, 0.5) is 34.1 Å². The minimum atomic E-state index is -0.756. The van der Waals surface area contributed by atoms with Crippen LogP contribution in [0.15, 0.2) is 218 Å². The zero-order valence-corrected chi connectivity index (χ0v) is 32.2. The van der Waals surface area contributed by atoms with Gasteiger partial charge >= 0.3 is 0 Å². The molecule has 1 aromatic heterocycles. The summed E-state index contributed by atoms with van der Waals surface area (Å²) in [6.07, 6.45) is 0. The monoisotopic (exact) mass is 758 g/mol. The number of aryl methyl sites for hydroxylation is 1. The molecule has 0 N–H and O–H groups in total. The van der Waals surface area contributed by atoms with Crippen molar-refractivity contribution in [3.8, 4) is 22.3 Å². The molecular formula is C56H39N3. The molecule has 1 atom stereocenters. The SMILES string of the molecule is [2H]c1c([2H])c([2H])c(N(c2ccccc2)c2ccc3c(c2)C2(c4ccccc4-c4ccc(N(c5ccccc5)c5ccc6c7ccccc7n(C)c6c5)cc42)c2ccccc2-3)c([2H])c1[2H]. The molecule has 2 aliphatic carbocycles. The quantitative estimate of drug-likeness (QED) is 0.167. The third-order valence-corrected chi connectivity index (χ3v) is 12.5. The van der Waals surface area contributed by atoms with Gasteiger partial charge in [-0.3, -0.25) is 0 Å². The molecule has 1 heterocycles. The van der Waals surface area contributed by atoms with Gasteiger partial charge in [0.1, 0.15) is 0 Å². The molecule has 0 radical (unpaired) electrons. The highest BCUT2D eigenvalue weighted by Crippen LogP contribution is 2.64. The van der Waals surface area contributed by atoms with Crippen LogP contribution in [-0.2, 0) is 12.5 Å². The topological polar surface area (TPSA) is 11.4 Å². The van der Waals surface area contributed by atoms with Gasteiger partial charge in [0.2, 0.25) is 0 Å². The highest BCUT2D eigenvalue weighted by molar-refractivity contribution is 6.09. The van der Waals surface area contributed by atoms with Gasteiger partial charge < -0.3 is 14.4 Å². The summed E-state index contributed by atoms with van der Waals surface area (Å²) in [5, 5.41) is 2.44. The minimum Gasteiger partial charge on any atom is -0.344 e. The van der Waals surface area contributed by atoms with Crippen molar-refractivity contribution in [1.29, 1.82) is 0 Å². The minimum absolute atomic E-state index is 0.0952. The second-order valence-corrected chi connectivity index (χ2v) is 15.4. The first-order valence-corrected chi connectivity index (χ1v) is 20.0. The van der Waals surface area contributed by atoms with E-state index in [-0.39, 0.29) is 29.9 Å². The Morgan fingerprint density at radius 2 is 0.831 bits per heavy atom. The van der Waals surface area contributed by atoms with Gasteiger partial charge in [0.05, 0.1) is 17.8 Å². The fourth-order valence-corrected chi connectivity index (χ4v) is 10.0. The third kappa shape index (κ3) is 4.82. The second kappa shape index (κ2) is 13.0. The van der Waals surface area contributed by atoms with Crippen molar-refractivity contribution in [2.24, 2.45) is 7.05 Å². The van der Waals surface area contributed by atoms with Crippen LogP contribution >= 0.6 is 0 Å². The Morgan fingerprint density at radius 1 is 0.373 bits per heavy atom. The van der Waals surface area contributed by atoms with Gasteiger partial charge in [-0.1, -0.05) is 139 Å². The number of fused-ring (bicyclic) bond motifs is 13. The number of anilines is 6. The third-order valence-electron chi connectivity index (χ3n) is 12.5. The van der Waals surface area contributed by atoms with Gasteiger partial charge in [-0.25, -0.2) is 0 Å². The molecule has 2 aliphatic rings. The molecule has 3 heteroatoms. The lowest BCUT2D eigenvalue weighted by Gasteiger charge is -2.33. The van der Waals surface area contributed by atoms with Gasteiger partial charge in [-0.15, -0.1) is 0 Å². The number of para-hydroxylation sites is 4. The Balaban J connectivity index is 1.12. The maximum Gasteiger partial charge on any atom is 0.0727 e. The van der Waals surface area contributed by atoms with E-state index in [4.69, 9.17) is 6.85 Å². The van der Waals surface area contributed by atoms with Crippen LogP contribution in [0.5, 0.6) is 0 Å². The van der Waals surface area contributed by atoms with Crippen LogP contribution in [0, 0.1) is 0 Å². The normalized spacial score (nSPS) is 15.8. The molecule has 0 saturated heterocycles. The van der Waals surface area contributed by atoms with E-state index in [1.165, 1.54) is 27.4 Å². The van der Waals surface area contributed by atoms with Gasteiger partial charge in [-0.2, -0.15) is 0 Å². The van der Waals surface area contributed by atoms with Crippen molar-refractivity contribution in [3.63, 3.8) is 0 Å². The van der Waals surface area contributed by atoms with Gasteiger partial charge in [0, 0.05) is 57.5 Å². The highest BCUT2D eigenvalue weighted by atomic mass is 15.1. The summed E-state index contributed by atoms with van der Waals surface area (Å²) in [6.45, 7) is 0. The molecule has 12 rings (SSSR count). The van der Waals surface area contributed by atoms with Crippen molar-refractivity contribution < 1.29 is 6.85 Å². The number of nitrogens with zero attached hydrogens (tertiary/aromatic N) is 3. The van der Waals surface area contributed by atoms with Crippen LogP contribution in [0.3, 0.4) is 0 Å². The van der Waals surface area contributed by atoms with Crippen LogP contribution in [0.1, 0.15) is 29.1 Å². The molecule has 9 aromatic carbocycles. The molecule has 278 valence electrons. The van der Waals surface area contributed by atoms with Crippen molar-refractivity contribution in [2.75, 3.05) is 9.80 Å². The summed E-state index contributed by atoms with van der Waals surface area (Å²) in [7, 11) is 2.14. The van der Waals surface area contributed by atoms with E-state index in [0.29, 0.717) is 11.4 Å². The Kier molecular flexibility index (Phi) is 6.31. The van der Waals surface area contributed by atoms with Crippen molar-refractivity contribution >= 4 is 55.9 Å². The molecule has 3 nitrogen and oxygen atoms in total. The fraction of sp³-hybridized carbons (Fsp3) is 0.0357. The lowest BCUT2D eigenvalue weighted by Crippen LogP contribution is -2.26. The Labute approximate surface area is 351 Å². The molecule has 0 saturated carbocycles. The van der Waals surface area contributed by atoms with Gasteiger partial charge in [0.15, 0.2) is 0 Å². The molecule has 10 aromatic rings. The largest absolute Gasteiger partial charge is 0.344 e. The summed E-state index contributed by atoms with van der Waals surface area (Å²) >= 11 is 0. The summed E-state index contributed by atoms with van der Waals surface area (Å²) in [6, 6.07) is 64.3. The van der Waals surface area contributed by atoms with Gasteiger partial charge in [0.25, 0.3) is 0 Å². The van der Waals surface area contributed by atoms with E-state index < -0.39 is 11.5 Å². The number of benzene rings is 9. The Bertz CT molecular complexity index is 3510. The summed E-state index contributed by atoms with van der Waals surface area (Å²) in [5.74, 6) is 0. The van der Waals surface area contributed by atoms with Crippen LogP contribution in [0.2, 0.25) is 0 Å². The zero-order chi connectivity index (χ0) is 43.4. The molecule has 1 spiro atoms. The summed E-state index contributed by atoms with van der Waals surface area (Å²) in [4.78, 5) is 4.16. The van der Waals surface area contributed by atoms with Crippen molar-refractivity contribution in [2.45, 2.75) is 5.41 Å². The van der Waals surface area contributed by atoms with E-state index in [2.05, 4.69) is 168 Å². The Morgan fingerprint density at radius 3 is 1.44 bits per heavy atom. The number of rotatable bonds is 6. The maximum absolute atomic E-state index is 9.15. The van der Waals surface area contributed by atoms with Crippen molar-refractivity contribution in [1.82, 2.24) is 4.57 Å². The summed E-state index contributed by atoms with van der Waals surface area (Å²) in [5.41, 5.74) is 15.2. The number of hydrogen-bond acceptors (Lipinski definition) is 2. The van der Waals surface area contributed by atoms with E-state index in [1.54, 1.807) is 0 Å². The smallest absolute Gasteiger partial charge is 0.0727 e. The summed E-state index contributed by atoms with van der Waals surface area (Å²) < 4.78 is 46.3. The molecule has 0 bridgehead atoms. The van der Waals surface area contributed by atoms with Crippen LogP contribution in [-0.4, -0.2) is 4.57 Å². The van der Waals surface area contributed by atoms with Gasteiger partial charge in [-0.05, 0) is 123 Å². The van der Waals surface area contributed by atoms with Crippen molar-refractivity contribution in [3.05, 3.63) is 241 Å².